The molecular formula is C7H18N2O. The van der Waals surface area contributed by atoms with Crippen molar-refractivity contribution in [2.24, 2.45) is 0 Å². The van der Waals surface area contributed by atoms with Gasteiger partial charge in [0.25, 0.3) is 0 Å². The molecule has 0 heterocycles. The van der Waals surface area contributed by atoms with Crippen LogP contribution in [0.3, 0.4) is 0 Å². The van der Waals surface area contributed by atoms with Crippen molar-refractivity contribution >= 4 is 0 Å². The Balaban J connectivity index is 3.13. The Morgan fingerprint density at radius 1 is 1.60 bits per heavy atom. The van der Waals surface area contributed by atoms with Crippen molar-refractivity contribution in [1.82, 2.24) is 10.2 Å². The molecule has 0 saturated heterocycles. The average molecular weight is 146 g/mol. The second-order valence-corrected chi connectivity index (χ2v) is 2.47. The molecule has 0 aliphatic heterocycles. The quantitative estimate of drug-likeness (QED) is 0.419. The fourth-order valence-corrected chi connectivity index (χ4v) is 0.619. The summed E-state index contributed by atoms with van der Waals surface area (Å²) in [6, 6.07) is 0. The number of aliphatic hydroxyl groups is 1. The van der Waals surface area contributed by atoms with E-state index in [1.54, 1.807) is 6.92 Å². The molecule has 0 rings (SSSR count). The van der Waals surface area contributed by atoms with E-state index < -0.39 is 0 Å². The smallest absolute Gasteiger partial charge is 0.104 e. The minimum atomic E-state index is -0.335. The number of rotatable bonds is 5. The Morgan fingerprint density at radius 3 is 2.60 bits per heavy atom. The van der Waals surface area contributed by atoms with E-state index in [2.05, 4.69) is 12.2 Å². The molecule has 3 nitrogen and oxygen atoms in total. The first kappa shape index (κ1) is 9.88. The predicted octanol–water partition coefficient (Wildman–Crippen LogP) is -0.134. The maximum Gasteiger partial charge on any atom is 0.104 e. The fourth-order valence-electron chi connectivity index (χ4n) is 0.619. The molecule has 0 fully saturated rings. The van der Waals surface area contributed by atoms with Crippen molar-refractivity contribution < 1.29 is 5.11 Å². The highest BCUT2D eigenvalue weighted by Crippen LogP contribution is 1.86. The largest absolute Gasteiger partial charge is 0.379 e. The summed E-state index contributed by atoms with van der Waals surface area (Å²) in [7, 11) is 1.90. The van der Waals surface area contributed by atoms with E-state index in [9.17, 15) is 0 Å². The number of hydrogen-bond donors (Lipinski definition) is 2. The summed E-state index contributed by atoms with van der Waals surface area (Å²) in [5.41, 5.74) is 0. The van der Waals surface area contributed by atoms with Crippen molar-refractivity contribution in [2.75, 3.05) is 26.7 Å². The topological polar surface area (TPSA) is 35.5 Å². The van der Waals surface area contributed by atoms with Crippen LogP contribution in [0.4, 0.5) is 0 Å². The first-order valence-electron chi connectivity index (χ1n) is 3.77. The lowest BCUT2D eigenvalue weighted by molar-refractivity contribution is 0.0394. The molecular weight excluding hydrogens is 128 g/mol. The summed E-state index contributed by atoms with van der Waals surface area (Å²) in [6.45, 7) is 6.67. The van der Waals surface area contributed by atoms with Crippen molar-refractivity contribution in [3.63, 3.8) is 0 Å². The van der Waals surface area contributed by atoms with Crippen LogP contribution in [0.2, 0.25) is 0 Å². The van der Waals surface area contributed by atoms with Gasteiger partial charge in [-0.05, 0) is 20.5 Å². The maximum atomic E-state index is 9.02. The van der Waals surface area contributed by atoms with Crippen molar-refractivity contribution in [1.29, 1.82) is 0 Å². The second-order valence-electron chi connectivity index (χ2n) is 2.47. The Bertz CT molecular complexity index is 76.0. The lowest BCUT2D eigenvalue weighted by atomic mass is 10.5. The van der Waals surface area contributed by atoms with Gasteiger partial charge in [-0.1, -0.05) is 6.92 Å². The van der Waals surface area contributed by atoms with Crippen LogP contribution in [-0.4, -0.2) is 42.9 Å². The van der Waals surface area contributed by atoms with Gasteiger partial charge in [-0.25, -0.2) is 0 Å². The lowest BCUT2D eigenvalue weighted by Gasteiger charge is -2.19. The van der Waals surface area contributed by atoms with Crippen molar-refractivity contribution in [3.05, 3.63) is 0 Å². The van der Waals surface area contributed by atoms with Crippen LogP contribution in [0, 0.1) is 0 Å². The Hall–Kier alpha value is -0.120. The molecule has 0 bridgehead atoms. The molecule has 0 spiro atoms. The SMILES string of the molecule is CCNCCN(C)C(C)O. The summed E-state index contributed by atoms with van der Waals surface area (Å²) in [5, 5.41) is 12.2. The molecule has 0 aromatic carbocycles. The highest BCUT2D eigenvalue weighted by atomic mass is 16.3. The van der Waals surface area contributed by atoms with Crippen LogP contribution in [0.5, 0.6) is 0 Å². The average Bonchev–Trinajstić information content (AvgIpc) is 1.88. The van der Waals surface area contributed by atoms with Crippen molar-refractivity contribution in [2.45, 2.75) is 20.1 Å². The zero-order chi connectivity index (χ0) is 7.98. The molecule has 0 radical (unpaired) electrons. The monoisotopic (exact) mass is 146 g/mol. The van der Waals surface area contributed by atoms with Crippen LogP contribution in [0.1, 0.15) is 13.8 Å². The molecule has 0 saturated carbocycles. The molecule has 0 aliphatic rings. The molecule has 0 amide bonds. The van der Waals surface area contributed by atoms with Gasteiger partial charge in [0.15, 0.2) is 0 Å². The predicted molar refractivity (Wildman–Crippen MR) is 42.9 cm³/mol. The van der Waals surface area contributed by atoms with Crippen LogP contribution in [0.25, 0.3) is 0 Å². The molecule has 1 atom stereocenters. The Kier molecular flexibility index (Phi) is 5.58. The van der Waals surface area contributed by atoms with Gasteiger partial charge in [0.2, 0.25) is 0 Å². The molecule has 1 unspecified atom stereocenters. The normalized spacial score (nSPS) is 14.1. The van der Waals surface area contributed by atoms with E-state index in [0.717, 1.165) is 19.6 Å². The minimum absolute atomic E-state index is 0.335. The van der Waals surface area contributed by atoms with Crippen LogP contribution >= 0.6 is 0 Å². The molecule has 3 heteroatoms. The zero-order valence-electron chi connectivity index (χ0n) is 7.09. The van der Waals surface area contributed by atoms with E-state index >= 15 is 0 Å². The minimum Gasteiger partial charge on any atom is -0.379 e. The summed E-state index contributed by atoms with van der Waals surface area (Å²) in [5.74, 6) is 0. The molecule has 0 aromatic rings. The van der Waals surface area contributed by atoms with Crippen molar-refractivity contribution in [3.8, 4) is 0 Å². The van der Waals surface area contributed by atoms with Crippen LogP contribution in [0.15, 0.2) is 0 Å². The molecule has 0 aromatic heterocycles. The number of aliphatic hydroxyl groups excluding tert-OH is 1. The van der Waals surface area contributed by atoms with Gasteiger partial charge < -0.3 is 10.4 Å². The van der Waals surface area contributed by atoms with Gasteiger partial charge in [0.1, 0.15) is 6.23 Å². The molecule has 0 aliphatic carbocycles. The highest BCUT2D eigenvalue weighted by Gasteiger charge is 2.01. The summed E-state index contributed by atoms with van der Waals surface area (Å²) >= 11 is 0. The van der Waals surface area contributed by atoms with E-state index in [-0.39, 0.29) is 6.23 Å². The van der Waals surface area contributed by atoms with Gasteiger partial charge >= 0.3 is 0 Å². The van der Waals surface area contributed by atoms with Gasteiger partial charge in [-0.2, -0.15) is 0 Å². The third kappa shape index (κ3) is 4.73. The van der Waals surface area contributed by atoms with Gasteiger partial charge in [0.05, 0.1) is 0 Å². The fraction of sp³-hybridized carbons (Fsp3) is 1.00. The van der Waals surface area contributed by atoms with Crippen LogP contribution < -0.4 is 5.32 Å². The summed E-state index contributed by atoms with van der Waals surface area (Å²) < 4.78 is 0. The molecule has 2 N–H and O–H groups in total. The van der Waals surface area contributed by atoms with E-state index in [4.69, 9.17) is 5.11 Å². The molecule has 62 valence electrons. The third-order valence-electron chi connectivity index (χ3n) is 1.53. The Labute approximate surface area is 63.0 Å². The third-order valence-corrected chi connectivity index (χ3v) is 1.53. The zero-order valence-corrected chi connectivity index (χ0v) is 7.09. The summed E-state index contributed by atoms with van der Waals surface area (Å²) in [4.78, 5) is 1.89. The first-order chi connectivity index (χ1) is 4.68. The van der Waals surface area contributed by atoms with Gasteiger partial charge in [0, 0.05) is 13.1 Å². The maximum absolute atomic E-state index is 9.02. The first-order valence-corrected chi connectivity index (χ1v) is 3.77. The highest BCUT2D eigenvalue weighted by molar-refractivity contribution is 4.53. The number of nitrogens with zero attached hydrogens (tertiary/aromatic N) is 1. The van der Waals surface area contributed by atoms with Gasteiger partial charge in [-0.3, -0.25) is 4.90 Å². The Morgan fingerprint density at radius 2 is 2.20 bits per heavy atom. The van der Waals surface area contributed by atoms with Gasteiger partial charge in [-0.15, -0.1) is 0 Å². The van der Waals surface area contributed by atoms with E-state index in [0.29, 0.717) is 0 Å². The standard InChI is InChI=1S/C7H18N2O/c1-4-8-5-6-9(3)7(2)10/h7-8,10H,4-6H2,1-3H3. The summed E-state index contributed by atoms with van der Waals surface area (Å²) in [6.07, 6.45) is -0.335. The molecule has 10 heavy (non-hydrogen) atoms. The lowest BCUT2D eigenvalue weighted by Crippen LogP contribution is -2.35. The number of hydrogen-bond acceptors (Lipinski definition) is 3. The van der Waals surface area contributed by atoms with Crippen LogP contribution in [-0.2, 0) is 0 Å². The van der Waals surface area contributed by atoms with E-state index in [1.807, 2.05) is 11.9 Å². The van der Waals surface area contributed by atoms with E-state index in [1.165, 1.54) is 0 Å². The second kappa shape index (κ2) is 5.65. The number of nitrogens with one attached hydrogen (secondary N) is 1. The number of likely N-dealkylation sites (N-methyl/N-ethyl adjacent to an activating group) is 2.